The number of pyridine rings is 1. The van der Waals surface area contributed by atoms with Crippen LogP contribution >= 0.6 is 0 Å². The summed E-state index contributed by atoms with van der Waals surface area (Å²) in [5, 5.41) is 2.81. The molecule has 2 aliphatic heterocycles. The summed E-state index contributed by atoms with van der Waals surface area (Å²) in [6.45, 7) is 5.71. The molecule has 2 amide bonds. The van der Waals surface area contributed by atoms with E-state index in [2.05, 4.69) is 5.32 Å². The van der Waals surface area contributed by atoms with E-state index in [1.54, 1.807) is 29.4 Å². The van der Waals surface area contributed by atoms with Crippen LogP contribution in [0.25, 0.3) is 0 Å². The second kappa shape index (κ2) is 10.1. The Hall–Kier alpha value is -3.29. The molecular weight excluding hydrogens is 422 g/mol. The van der Waals surface area contributed by atoms with Gasteiger partial charge in [-0.1, -0.05) is 25.8 Å². The lowest BCUT2D eigenvalue weighted by Crippen LogP contribution is -2.38. The summed E-state index contributed by atoms with van der Waals surface area (Å²) in [5.41, 5.74) is 0.350. The van der Waals surface area contributed by atoms with Crippen LogP contribution in [0, 0.1) is 0 Å². The molecule has 1 saturated heterocycles. The van der Waals surface area contributed by atoms with Crippen LogP contribution < -0.4 is 20.2 Å². The minimum Gasteiger partial charge on any atom is -0.454 e. The van der Waals surface area contributed by atoms with Gasteiger partial charge in [-0.15, -0.1) is 0 Å². The van der Waals surface area contributed by atoms with Crippen molar-refractivity contribution in [3.63, 3.8) is 0 Å². The number of carbonyl (C=O) groups is 2. The van der Waals surface area contributed by atoms with Crippen LogP contribution in [0.2, 0.25) is 0 Å². The Bertz CT molecular complexity index is 1090. The SMILES string of the molecule is CCC(C)n1cc(C(=O)NCc2ccc3c(c2)OCO3)c(=O)c(C(=O)N2CCCCCC2)c1. The monoisotopic (exact) mass is 453 g/mol. The molecule has 1 unspecified atom stereocenters. The smallest absolute Gasteiger partial charge is 0.259 e. The van der Waals surface area contributed by atoms with Crippen molar-refractivity contribution in [1.29, 1.82) is 0 Å². The first kappa shape index (κ1) is 22.9. The molecule has 33 heavy (non-hydrogen) atoms. The summed E-state index contributed by atoms with van der Waals surface area (Å²) in [4.78, 5) is 41.3. The van der Waals surface area contributed by atoms with Gasteiger partial charge in [-0.25, -0.2) is 0 Å². The summed E-state index contributed by atoms with van der Waals surface area (Å²) in [5.74, 6) is 0.511. The minimum atomic E-state index is -0.521. The third-order valence-corrected chi connectivity index (χ3v) is 6.40. The number of likely N-dealkylation sites (tertiary alicyclic amines) is 1. The fourth-order valence-corrected chi connectivity index (χ4v) is 4.15. The normalized spacial score (nSPS) is 16.2. The number of carbonyl (C=O) groups excluding carboxylic acids is 2. The molecule has 2 aromatic rings. The molecule has 0 saturated carbocycles. The molecule has 1 atom stereocenters. The van der Waals surface area contributed by atoms with Crippen LogP contribution in [0.1, 0.15) is 78.3 Å². The summed E-state index contributed by atoms with van der Waals surface area (Å²) in [6.07, 6.45) is 8.01. The van der Waals surface area contributed by atoms with Crippen LogP contribution in [-0.4, -0.2) is 41.2 Å². The van der Waals surface area contributed by atoms with Crippen molar-refractivity contribution < 1.29 is 19.1 Å². The number of aromatic nitrogens is 1. The van der Waals surface area contributed by atoms with Crippen molar-refractivity contribution in [2.75, 3.05) is 19.9 Å². The highest BCUT2D eigenvalue weighted by Crippen LogP contribution is 2.32. The number of nitrogens with one attached hydrogen (secondary N) is 1. The number of hydrogen-bond donors (Lipinski definition) is 1. The molecule has 176 valence electrons. The van der Waals surface area contributed by atoms with E-state index < -0.39 is 11.3 Å². The van der Waals surface area contributed by atoms with Crippen molar-refractivity contribution in [2.45, 2.75) is 58.5 Å². The Morgan fingerprint density at radius 1 is 1.03 bits per heavy atom. The number of fused-ring (bicyclic) bond motifs is 1. The molecule has 8 nitrogen and oxygen atoms in total. The number of ether oxygens (including phenoxy) is 2. The standard InChI is InChI=1S/C25H31N3O5/c1-3-17(2)28-14-19(23(29)20(15-28)25(31)27-10-6-4-5-7-11-27)24(30)26-13-18-8-9-21-22(12-18)33-16-32-21/h8-9,12,14-15,17H,3-7,10-11,13,16H2,1-2H3,(H,26,30). The Labute approximate surface area is 193 Å². The van der Waals surface area contributed by atoms with Gasteiger partial charge >= 0.3 is 0 Å². The number of benzene rings is 1. The van der Waals surface area contributed by atoms with E-state index in [1.807, 2.05) is 24.5 Å². The number of hydrogen-bond acceptors (Lipinski definition) is 5. The predicted molar refractivity (Wildman–Crippen MR) is 124 cm³/mol. The van der Waals surface area contributed by atoms with Crippen LogP contribution in [0.3, 0.4) is 0 Å². The first-order valence-electron chi connectivity index (χ1n) is 11.7. The van der Waals surface area contributed by atoms with Crippen molar-refractivity contribution in [1.82, 2.24) is 14.8 Å². The third-order valence-electron chi connectivity index (χ3n) is 6.40. The van der Waals surface area contributed by atoms with Crippen LogP contribution in [0.4, 0.5) is 0 Å². The van der Waals surface area contributed by atoms with Crippen molar-refractivity contribution in [2.24, 2.45) is 0 Å². The molecule has 0 bridgehead atoms. The van der Waals surface area contributed by atoms with Crippen LogP contribution in [0.15, 0.2) is 35.4 Å². The van der Waals surface area contributed by atoms with Gasteiger partial charge in [-0.3, -0.25) is 14.4 Å². The average molecular weight is 454 g/mol. The molecule has 4 rings (SSSR count). The molecule has 3 heterocycles. The Morgan fingerprint density at radius 2 is 1.73 bits per heavy atom. The van der Waals surface area contributed by atoms with Crippen molar-refractivity contribution >= 4 is 11.8 Å². The lowest BCUT2D eigenvalue weighted by atomic mass is 10.1. The Kier molecular flexibility index (Phi) is 7.01. The van der Waals surface area contributed by atoms with Gasteiger partial charge in [0.1, 0.15) is 11.1 Å². The summed E-state index contributed by atoms with van der Waals surface area (Å²) in [6, 6.07) is 5.48. The van der Waals surface area contributed by atoms with Gasteiger partial charge in [-0.2, -0.15) is 0 Å². The second-order valence-electron chi connectivity index (χ2n) is 8.70. The summed E-state index contributed by atoms with van der Waals surface area (Å²) < 4.78 is 12.5. The molecule has 8 heteroatoms. The maximum absolute atomic E-state index is 13.3. The van der Waals surface area contributed by atoms with Gasteiger partial charge in [0, 0.05) is 38.1 Å². The first-order chi connectivity index (χ1) is 16.0. The van der Waals surface area contributed by atoms with E-state index in [9.17, 15) is 14.4 Å². The van der Waals surface area contributed by atoms with E-state index in [0.717, 1.165) is 37.7 Å². The largest absolute Gasteiger partial charge is 0.454 e. The second-order valence-corrected chi connectivity index (χ2v) is 8.70. The Morgan fingerprint density at radius 3 is 2.45 bits per heavy atom. The molecule has 0 radical (unpaired) electrons. The molecule has 1 N–H and O–H groups in total. The van der Waals surface area contributed by atoms with Gasteiger partial charge in [0.2, 0.25) is 12.2 Å². The molecular formula is C25H31N3O5. The summed E-state index contributed by atoms with van der Waals surface area (Å²) >= 11 is 0. The predicted octanol–water partition coefficient (Wildman–Crippen LogP) is 3.49. The number of amides is 2. The average Bonchev–Trinajstić information content (AvgIpc) is 3.13. The first-order valence-corrected chi connectivity index (χ1v) is 11.7. The van der Waals surface area contributed by atoms with Gasteiger partial charge in [0.25, 0.3) is 11.8 Å². The molecule has 2 aliphatic rings. The van der Waals surface area contributed by atoms with Gasteiger partial charge < -0.3 is 24.3 Å². The van der Waals surface area contributed by atoms with Gasteiger partial charge in [-0.05, 0) is 43.9 Å². The van der Waals surface area contributed by atoms with Crippen molar-refractivity contribution in [3.8, 4) is 11.5 Å². The fraction of sp³-hybridized carbons (Fsp3) is 0.480. The molecule has 1 fully saturated rings. The molecule has 1 aromatic carbocycles. The molecule has 1 aromatic heterocycles. The minimum absolute atomic E-state index is 0.0169. The van der Waals surface area contributed by atoms with Crippen molar-refractivity contribution in [3.05, 3.63) is 57.5 Å². The Balaban J connectivity index is 1.59. The quantitative estimate of drug-likeness (QED) is 0.723. The maximum Gasteiger partial charge on any atom is 0.259 e. The van der Waals surface area contributed by atoms with E-state index in [-0.39, 0.29) is 36.4 Å². The summed E-state index contributed by atoms with van der Waals surface area (Å²) in [7, 11) is 0. The van der Waals surface area contributed by atoms with E-state index >= 15 is 0 Å². The van der Waals surface area contributed by atoms with E-state index in [4.69, 9.17) is 9.47 Å². The van der Waals surface area contributed by atoms with E-state index in [0.29, 0.717) is 24.6 Å². The third kappa shape index (κ3) is 5.05. The van der Waals surface area contributed by atoms with Crippen LogP contribution in [0.5, 0.6) is 11.5 Å². The molecule has 0 aliphatic carbocycles. The van der Waals surface area contributed by atoms with Gasteiger partial charge in [0.15, 0.2) is 11.5 Å². The highest BCUT2D eigenvalue weighted by Gasteiger charge is 2.25. The fourth-order valence-electron chi connectivity index (χ4n) is 4.15. The highest BCUT2D eigenvalue weighted by atomic mass is 16.7. The lowest BCUT2D eigenvalue weighted by Gasteiger charge is -2.22. The maximum atomic E-state index is 13.3. The zero-order valence-electron chi connectivity index (χ0n) is 19.3. The molecule has 0 spiro atoms. The number of nitrogens with zero attached hydrogens (tertiary/aromatic N) is 2. The zero-order valence-corrected chi connectivity index (χ0v) is 19.3. The zero-order chi connectivity index (χ0) is 23.4. The van der Waals surface area contributed by atoms with Crippen LogP contribution in [-0.2, 0) is 6.54 Å². The van der Waals surface area contributed by atoms with E-state index in [1.165, 1.54) is 0 Å². The highest BCUT2D eigenvalue weighted by molar-refractivity contribution is 5.99. The lowest BCUT2D eigenvalue weighted by molar-refractivity contribution is 0.0759. The number of rotatable bonds is 6. The topological polar surface area (TPSA) is 89.9 Å². The van der Waals surface area contributed by atoms with Gasteiger partial charge in [0.05, 0.1) is 0 Å².